The number of aliphatic hydroxyl groups is 1. The van der Waals surface area contributed by atoms with Crippen molar-refractivity contribution in [1.29, 1.82) is 0 Å². The molecule has 2 aromatic carbocycles. The highest BCUT2D eigenvalue weighted by atomic mass is 16.7. The SMILES string of the molecule is C#CCC(OC(=O)N(C)[C@@H](C(=O)N[C@@H](C(=O)N(C)[C@H]([C@H](C)CC)[C@H](CC(=O)N1CCCC1[C@@H](OC)[C@H](C)C(=O)C[C@@H](C)[C@H](O)c1ccccc1)OC)C(C)C)C(C)C)c1ccc(OC2OC(C(=O)OC)C(C)C(C)C2OC(C)=O)c([N+](=O)[O-])c1. The van der Waals surface area contributed by atoms with E-state index in [1.165, 1.54) is 52.3 Å². The van der Waals surface area contributed by atoms with E-state index >= 15 is 0 Å². The number of carbonyl (C=O) groups is 7. The van der Waals surface area contributed by atoms with Crippen molar-refractivity contribution in [3.8, 4) is 18.1 Å². The first kappa shape index (κ1) is 69.8. The number of hydrogen-bond donors (Lipinski definition) is 2. The fourth-order valence-electron chi connectivity index (χ4n) is 11.6. The maximum Gasteiger partial charge on any atom is 0.410 e. The van der Waals surface area contributed by atoms with E-state index in [0.717, 1.165) is 16.5 Å². The number of likely N-dealkylation sites (tertiary alicyclic amines) is 1. The van der Waals surface area contributed by atoms with Crippen LogP contribution in [0.1, 0.15) is 138 Å². The lowest BCUT2D eigenvalue weighted by atomic mass is 9.83. The number of terminal acetylenes is 1. The van der Waals surface area contributed by atoms with Crippen molar-refractivity contribution < 1.29 is 76.7 Å². The molecule has 22 heteroatoms. The Morgan fingerprint density at radius 2 is 1.55 bits per heavy atom. The second kappa shape index (κ2) is 32.0. The van der Waals surface area contributed by atoms with E-state index in [4.69, 9.17) is 39.6 Å². The molecule has 2 heterocycles. The normalized spacial score (nSPS) is 22.3. The van der Waals surface area contributed by atoms with Gasteiger partial charge in [-0.2, -0.15) is 0 Å². The number of nitrogens with zero attached hydrogens (tertiary/aromatic N) is 4. The molecule has 2 fully saturated rings. The van der Waals surface area contributed by atoms with Gasteiger partial charge in [-0.15, -0.1) is 12.3 Å². The summed E-state index contributed by atoms with van der Waals surface area (Å²) < 4.78 is 40.3. The molecule has 0 aromatic heterocycles. The predicted octanol–water partition coefficient (Wildman–Crippen LogP) is 7.62. The van der Waals surface area contributed by atoms with Crippen molar-refractivity contribution in [1.82, 2.24) is 20.0 Å². The number of rotatable bonds is 29. The van der Waals surface area contributed by atoms with Crippen LogP contribution in [-0.4, -0.2) is 163 Å². The molecule has 22 nitrogen and oxygen atoms in total. The predicted molar refractivity (Wildman–Crippen MR) is 310 cm³/mol. The Kier molecular flexibility index (Phi) is 26.6. The third kappa shape index (κ3) is 17.2. The molecule has 16 atom stereocenters. The molecule has 4 rings (SSSR count). The van der Waals surface area contributed by atoms with Crippen LogP contribution in [0.4, 0.5) is 10.5 Å². The van der Waals surface area contributed by atoms with Gasteiger partial charge in [-0.3, -0.25) is 39.0 Å². The lowest BCUT2D eigenvalue weighted by Gasteiger charge is -2.42. The topological polar surface area (TPSA) is 269 Å². The number of carbonyl (C=O) groups excluding carboxylic acids is 7. The highest BCUT2D eigenvalue weighted by Crippen LogP contribution is 2.39. The van der Waals surface area contributed by atoms with E-state index in [1.54, 1.807) is 60.4 Å². The highest BCUT2D eigenvalue weighted by molar-refractivity contribution is 5.92. The Bertz CT molecular complexity index is 2610. The minimum Gasteiger partial charge on any atom is -0.467 e. The first-order valence-electron chi connectivity index (χ1n) is 29.0. The molecule has 84 heavy (non-hydrogen) atoms. The number of amides is 4. The number of nitro benzene ring substituents is 1. The minimum absolute atomic E-state index is 0.0864. The monoisotopic (exact) mass is 1180 g/mol. The number of ether oxygens (including phenoxy) is 7. The Balaban J connectivity index is 1.52. The molecule has 0 spiro atoms. The average Bonchev–Trinajstić information content (AvgIpc) is 4.00. The van der Waals surface area contributed by atoms with Crippen LogP contribution in [0.3, 0.4) is 0 Å². The molecule has 2 aromatic rings. The number of methoxy groups -OCH3 is 3. The standard InChI is InChI=1S/C62H91N5O17/c1-18-24-47(43-28-29-48(45(32-43)67(76)77)82-61-57(81-41(12)68)39(10)38(9)56(84-61)60(74)80-17)83-62(75)65(14)52(35(5)6)58(72)63-51(34(3)4)59(73)64(13)53(36(7)19-2)49(78-15)33-50(70)66-30-23-27-44(66)55(79-16)40(11)46(69)31-37(8)54(71)42-25-21-20-22-26-42/h1,20-22,25-26,28-29,32,34-40,44,47,49,51-57,61,71H,19,23-24,27,30-31,33H2,2-17H3,(H,63,72)/t36-,37-,38?,39?,40-,44?,47?,49+,51-,52-,53-,54+,55+,56?,57?,61?/m1/s1. The summed E-state index contributed by atoms with van der Waals surface area (Å²) in [5.74, 6) is -3.94. The molecule has 2 N–H and O–H groups in total. The van der Waals surface area contributed by atoms with Gasteiger partial charge in [0.2, 0.25) is 24.0 Å². The second-order valence-electron chi connectivity index (χ2n) is 23.2. The van der Waals surface area contributed by atoms with Gasteiger partial charge < -0.3 is 53.4 Å². The maximum absolute atomic E-state index is 14.9. The Hall–Kier alpha value is -6.67. The fraction of sp³-hybridized carbons (Fsp3) is 0.661. The molecule has 2 saturated heterocycles. The number of nitrogens with one attached hydrogen (secondary N) is 1. The number of nitro groups is 1. The fourth-order valence-corrected chi connectivity index (χ4v) is 11.6. The largest absolute Gasteiger partial charge is 0.467 e. The van der Waals surface area contributed by atoms with Crippen LogP contribution < -0.4 is 10.1 Å². The summed E-state index contributed by atoms with van der Waals surface area (Å²) in [6.45, 7) is 19.5. The molecule has 2 aliphatic rings. The summed E-state index contributed by atoms with van der Waals surface area (Å²) in [4.78, 5) is 113. The zero-order valence-corrected chi connectivity index (χ0v) is 51.8. The number of benzene rings is 2. The molecular weight excluding hydrogens is 1090 g/mol. The lowest BCUT2D eigenvalue weighted by Crippen LogP contribution is -2.60. The molecule has 4 amide bonds. The average molecular weight is 1180 g/mol. The van der Waals surface area contributed by atoms with Crippen LogP contribution in [0, 0.1) is 63.9 Å². The third-order valence-electron chi connectivity index (χ3n) is 16.8. The first-order chi connectivity index (χ1) is 39.6. The third-order valence-corrected chi connectivity index (χ3v) is 16.8. The zero-order valence-electron chi connectivity index (χ0n) is 51.8. The van der Waals surface area contributed by atoms with Crippen molar-refractivity contribution in [2.45, 2.75) is 182 Å². The second-order valence-corrected chi connectivity index (χ2v) is 23.2. The maximum atomic E-state index is 14.9. The summed E-state index contributed by atoms with van der Waals surface area (Å²) in [7, 11) is 7.16. The van der Waals surface area contributed by atoms with Crippen molar-refractivity contribution >= 4 is 47.2 Å². The molecule has 7 unspecified atom stereocenters. The van der Waals surface area contributed by atoms with Crippen LogP contribution in [-0.2, 0) is 57.2 Å². The molecular formula is C62H91N5O17. The van der Waals surface area contributed by atoms with E-state index in [0.29, 0.717) is 25.8 Å². The van der Waals surface area contributed by atoms with Crippen molar-refractivity contribution in [3.05, 3.63) is 69.8 Å². The number of esters is 2. The Morgan fingerprint density at radius 3 is 2.10 bits per heavy atom. The van der Waals surface area contributed by atoms with E-state index in [-0.39, 0.29) is 54.1 Å². The minimum atomic E-state index is -1.48. The van der Waals surface area contributed by atoms with Gasteiger partial charge >= 0.3 is 23.7 Å². The van der Waals surface area contributed by atoms with E-state index in [9.17, 15) is 48.8 Å². The van der Waals surface area contributed by atoms with Gasteiger partial charge in [0, 0.05) is 71.7 Å². The van der Waals surface area contributed by atoms with Crippen molar-refractivity contribution in [2.24, 2.45) is 41.4 Å². The van der Waals surface area contributed by atoms with Crippen molar-refractivity contribution in [3.63, 3.8) is 0 Å². The van der Waals surface area contributed by atoms with Gasteiger partial charge in [-0.05, 0) is 54.1 Å². The van der Waals surface area contributed by atoms with Crippen LogP contribution in [0.25, 0.3) is 0 Å². The van der Waals surface area contributed by atoms with Crippen molar-refractivity contribution in [2.75, 3.05) is 42.0 Å². The molecule has 0 radical (unpaired) electrons. The van der Waals surface area contributed by atoms with Gasteiger partial charge in [0.05, 0.1) is 55.3 Å². The van der Waals surface area contributed by atoms with Gasteiger partial charge in [-0.25, -0.2) is 9.59 Å². The molecule has 0 saturated carbocycles. The summed E-state index contributed by atoms with van der Waals surface area (Å²) >= 11 is 0. The highest BCUT2D eigenvalue weighted by Gasteiger charge is 2.49. The quantitative estimate of drug-likeness (QED) is 0.0261. The number of Topliss-reactive ketones (excluding diaryl/α,β-unsaturated/α-hetero) is 1. The summed E-state index contributed by atoms with van der Waals surface area (Å²) in [6.07, 6.45) is -0.859. The van der Waals surface area contributed by atoms with Gasteiger partial charge in [0.15, 0.2) is 18.0 Å². The Morgan fingerprint density at radius 1 is 0.893 bits per heavy atom. The van der Waals surface area contributed by atoms with Crippen LogP contribution >= 0.6 is 0 Å². The molecule has 2 aliphatic heterocycles. The Labute approximate surface area is 495 Å². The first-order valence-corrected chi connectivity index (χ1v) is 29.0. The zero-order chi connectivity index (χ0) is 63.0. The number of likely N-dealkylation sites (N-methyl/N-ethyl adjacent to an activating group) is 2. The van der Waals surface area contributed by atoms with E-state index in [2.05, 4.69) is 11.2 Å². The van der Waals surface area contributed by atoms with Gasteiger partial charge in [0.1, 0.15) is 24.0 Å². The van der Waals surface area contributed by atoms with Crippen LogP contribution in [0.15, 0.2) is 48.5 Å². The van der Waals surface area contributed by atoms with E-state index < -0.39 is 137 Å². The van der Waals surface area contributed by atoms with Crippen LogP contribution in [0.5, 0.6) is 5.75 Å². The van der Waals surface area contributed by atoms with Gasteiger partial charge in [-0.1, -0.05) is 112 Å². The lowest BCUT2D eigenvalue weighted by molar-refractivity contribution is -0.387. The van der Waals surface area contributed by atoms with Gasteiger partial charge in [0.25, 0.3) is 0 Å². The molecule has 0 bridgehead atoms. The number of ketones is 1. The smallest absolute Gasteiger partial charge is 0.410 e. The van der Waals surface area contributed by atoms with Crippen LogP contribution in [0.2, 0.25) is 0 Å². The summed E-state index contributed by atoms with van der Waals surface area (Å²) in [5.41, 5.74) is 0.218. The number of aliphatic hydroxyl groups excluding tert-OH is 1. The van der Waals surface area contributed by atoms with E-state index in [1.807, 2.05) is 51.1 Å². The summed E-state index contributed by atoms with van der Waals surface area (Å²) in [5, 5.41) is 26.5. The number of hydrogen-bond acceptors (Lipinski definition) is 17. The molecule has 0 aliphatic carbocycles. The summed E-state index contributed by atoms with van der Waals surface area (Å²) in [6, 6.07) is 9.51. The molecule has 466 valence electrons.